The largest absolute Gasteiger partial charge is 0.239 e. The molecule has 2 aromatic heterocycles. The number of rotatable bonds is 6. The van der Waals surface area contributed by atoms with Crippen molar-refractivity contribution in [2.24, 2.45) is 0 Å². The second-order valence-corrected chi connectivity index (χ2v) is 21.6. The van der Waals surface area contributed by atoms with Crippen LogP contribution in [-0.2, 0) is 0 Å². The predicted octanol–water partition coefficient (Wildman–Crippen LogP) is 2.73. The van der Waals surface area contributed by atoms with Gasteiger partial charge in [0.05, 0.1) is 0 Å². The van der Waals surface area contributed by atoms with Gasteiger partial charge >= 0.3 is 182 Å². The number of aromatic amines is 2. The van der Waals surface area contributed by atoms with E-state index < -0.39 is 48.5 Å². The number of aromatic nitrogens is 8. The van der Waals surface area contributed by atoms with Crippen LogP contribution < -0.4 is 12.5 Å². The van der Waals surface area contributed by atoms with Crippen LogP contribution in [0.15, 0.2) is 146 Å². The maximum Gasteiger partial charge on any atom is 0.180 e. The van der Waals surface area contributed by atoms with E-state index >= 15 is 0 Å². The second-order valence-electron chi connectivity index (χ2n) is 8.98. The number of tetrazole rings is 2. The van der Waals surface area contributed by atoms with Crippen molar-refractivity contribution in [3.63, 3.8) is 0 Å². The summed E-state index contributed by atoms with van der Waals surface area (Å²) < 4.78 is 6.31. The molecular formula is C32H26N8Tl2. The van der Waals surface area contributed by atoms with Crippen molar-refractivity contribution in [3.8, 4) is 22.8 Å². The Morgan fingerprint density at radius 3 is 0.905 bits per heavy atom. The molecule has 0 fully saturated rings. The van der Waals surface area contributed by atoms with Crippen LogP contribution >= 0.6 is 0 Å². The summed E-state index contributed by atoms with van der Waals surface area (Å²) in [7, 11) is 0. The van der Waals surface area contributed by atoms with Crippen molar-refractivity contribution in [2.45, 2.75) is 0 Å². The van der Waals surface area contributed by atoms with Crippen LogP contribution in [0.25, 0.3) is 22.8 Å². The van der Waals surface area contributed by atoms with Crippen LogP contribution in [0.1, 0.15) is 0 Å². The summed E-state index contributed by atoms with van der Waals surface area (Å²) in [5.41, 5.74) is 1.68. The predicted molar refractivity (Wildman–Crippen MR) is 169 cm³/mol. The van der Waals surface area contributed by atoms with Crippen molar-refractivity contribution >= 4 is 61.0 Å². The maximum absolute atomic E-state index is 3.86. The van der Waals surface area contributed by atoms with Gasteiger partial charge in [-0.2, -0.15) is 0 Å². The molecule has 0 aliphatic rings. The quantitative estimate of drug-likeness (QED) is 0.249. The number of nitrogens with one attached hydrogen (secondary N) is 2. The molecule has 0 spiro atoms. The molecule has 7 aromatic rings. The molecular weight excluding hydrogens is 905 g/mol. The fraction of sp³-hybridized carbons (Fsp3) is 0. The Kier molecular flexibility index (Phi) is 11.6. The molecule has 5 aromatic carbocycles. The Morgan fingerprint density at radius 1 is 0.357 bits per heavy atom. The summed E-state index contributed by atoms with van der Waals surface area (Å²) in [4.78, 5) is 0. The zero-order valence-corrected chi connectivity index (χ0v) is 31.7. The number of H-pyrrole nitrogens is 2. The Balaban J connectivity index is 0.000000127. The first-order valence-electron chi connectivity index (χ1n) is 13.3. The minimum absolute atomic E-state index is 0.576. The number of hydrogen-bond acceptors (Lipinski definition) is 6. The minimum Gasteiger partial charge on any atom is -0.239 e. The van der Waals surface area contributed by atoms with Crippen molar-refractivity contribution in [1.82, 2.24) is 41.2 Å². The smallest absolute Gasteiger partial charge is 0.180 e. The van der Waals surface area contributed by atoms with E-state index in [1.165, 1.54) is 0 Å². The van der Waals surface area contributed by atoms with Gasteiger partial charge in [-0.15, -0.1) is 10.2 Å². The zero-order chi connectivity index (χ0) is 28.7. The molecule has 0 aliphatic carbocycles. The van der Waals surface area contributed by atoms with Crippen molar-refractivity contribution in [3.05, 3.63) is 146 Å². The fourth-order valence-electron chi connectivity index (χ4n) is 4.02. The van der Waals surface area contributed by atoms with Gasteiger partial charge in [-0.05, 0) is 20.9 Å². The van der Waals surface area contributed by atoms with Gasteiger partial charge in [-0.25, -0.2) is 10.2 Å². The van der Waals surface area contributed by atoms with Crippen LogP contribution in [0.4, 0.5) is 0 Å². The van der Waals surface area contributed by atoms with Gasteiger partial charge in [0.25, 0.3) is 0 Å². The van der Waals surface area contributed by atoms with Crippen molar-refractivity contribution < 1.29 is 0 Å². The number of hydrogen-bond donors (Lipinski definition) is 2. The first-order chi connectivity index (χ1) is 20.8. The molecule has 2 heterocycles. The Labute approximate surface area is 268 Å². The molecule has 0 radical (unpaired) electrons. The molecule has 0 atom stereocenters. The van der Waals surface area contributed by atoms with Gasteiger partial charge in [0.2, 0.25) is 0 Å². The molecule has 42 heavy (non-hydrogen) atoms. The summed E-state index contributed by atoms with van der Waals surface area (Å²) >= 11 is -1.73. The number of benzene rings is 5. The van der Waals surface area contributed by atoms with Crippen molar-refractivity contribution in [1.29, 1.82) is 0 Å². The topological polar surface area (TPSA) is 109 Å². The van der Waals surface area contributed by atoms with E-state index in [1.807, 2.05) is 24.3 Å². The Hall–Kier alpha value is -3.92. The Morgan fingerprint density at radius 2 is 0.643 bits per heavy atom. The Bertz CT molecular complexity index is 1500. The normalized spacial score (nSPS) is 9.71. The molecule has 0 unspecified atom stereocenters. The minimum atomic E-state index is -0.866. The third-order valence-electron chi connectivity index (χ3n) is 5.99. The van der Waals surface area contributed by atoms with Gasteiger partial charge < -0.3 is 0 Å². The van der Waals surface area contributed by atoms with Crippen LogP contribution in [0.3, 0.4) is 0 Å². The van der Waals surface area contributed by atoms with Crippen LogP contribution in [0.2, 0.25) is 0 Å². The van der Waals surface area contributed by atoms with E-state index in [4.69, 9.17) is 0 Å². The van der Waals surface area contributed by atoms with E-state index in [2.05, 4.69) is 163 Å². The van der Waals surface area contributed by atoms with Gasteiger partial charge in [0, 0.05) is 11.1 Å². The van der Waals surface area contributed by atoms with E-state index in [0.29, 0.717) is 11.6 Å². The average molecular weight is 931 g/mol. The molecule has 2 N–H and O–H groups in total. The summed E-state index contributed by atoms with van der Waals surface area (Å²) in [5.74, 6) is 1.15. The SMILES string of the molecule is c1cc[c]([Tl][c]2ccccc2)cc1.c1cc[c]([Tl][c]2ccccc2)cc1.c1ccc(-c2nnn[nH]2)c(-c2nnn[nH]2)c1. The van der Waals surface area contributed by atoms with Gasteiger partial charge in [-0.3, -0.25) is 0 Å². The summed E-state index contributed by atoms with van der Waals surface area (Å²) in [6.07, 6.45) is 0. The molecule has 8 nitrogen and oxygen atoms in total. The third kappa shape index (κ3) is 9.31. The number of nitrogens with zero attached hydrogens (tertiary/aromatic N) is 6. The molecule has 0 amide bonds. The van der Waals surface area contributed by atoms with E-state index in [1.54, 1.807) is 12.5 Å². The molecule has 7 rings (SSSR count). The van der Waals surface area contributed by atoms with E-state index in [9.17, 15) is 0 Å². The monoisotopic (exact) mass is 932 g/mol. The van der Waals surface area contributed by atoms with E-state index in [0.717, 1.165) is 11.1 Å². The fourth-order valence-corrected chi connectivity index (χ4v) is 13.5. The summed E-state index contributed by atoms with van der Waals surface area (Å²) in [6.45, 7) is 0. The molecule has 0 bridgehead atoms. The first-order valence-corrected chi connectivity index (χ1v) is 22.3. The van der Waals surface area contributed by atoms with Gasteiger partial charge in [0.15, 0.2) is 11.6 Å². The van der Waals surface area contributed by atoms with E-state index in [-0.39, 0.29) is 0 Å². The van der Waals surface area contributed by atoms with Gasteiger partial charge in [0.1, 0.15) is 0 Å². The summed E-state index contributed by atoms with van der Waals surface area (Å²) in [6, 6.07) is 51.0. The third-order valence-corrected chi connectivity index (χ3v) is 17.2. The molecule has 0 saturated carbocycles. The molecule has 0 aliphatic heterocycles. The van der Waals surface area contributed by atoms with Crippen LogP contribution in [-0.4, -0.2) is 89.7 Å². The van der Waals surface area contributed by atoms with Gasteiger partial charge in [-0.1, -0.05) is 24.3 Å². The molecule has 10 heteroatoms. The second kappa shape index (κ2) is 16.5. The first kappa shape index (κ1) is 29.6. The van der Waals surface area contributed by atoms with Crippen LogP contribution in [0, 0.1) is 0 Å². The zero-order valence-electron chi connectivity index (χ0n) is 22.7. The summed E-state index contributed by atoms with van der Waals surface area (Å²) in [5, 5.41) is 27.3. The van der Waals surface area contributed by atoms with Crippen LogP contribution in [0.5, 0.6) is 0 Å². The van der Waals surface area contributed by atoms with Crippen molar-refractivity contribution in [2.75, 3.05) is 0 Å². The standard InChI is InChI=1S/C8H6N8.4C6H5.2Tl/c1-2-4-6(8-11-15-16-12-8)5(3-1)7-9-13-14-10-7;4*1-2-4-6-5-3-1;;/h1-4H,(H,9,10,13,14)(H,11,12,15,16);4*1-5H;;. The average Bonchev–Trinajstić information content (AvgIpc) is 3.80. The molecule has 200 valence electrons. The maximum atomic E-state index is 3.86. The molecule has 0 saturated heterocycles.